The van der Waals surface area contributed by atoms with E-state index in [1.165, 1.54) is 12.1 Å². The molecule has 5 nitrogen and oxygen atoms in total. The maximum atomic E-state index is 14.3. The molecule has 3 aromatic rings. The standard InChI is InChI=1S/C25H25F2N3O2/c1-16(21-8-7-20(26)15-22(21)27)29-11-4-5-19(25(29)31)13-18-6-9-23(24(14-18)32-3)30-12-10-28-17(30)2/h6-10,12-16H,4-5,11H2,1-3H3. The molecule has 1 unspecified atom stereocenters. The summed E-state index contributed by atoms with van der Waals surface area (Å²) in [6.07, 6.45) is 6.86. The quantitative estimate of drug-likeness (QED) is 0.513. The summed E-state index contributed by atoms with van der Waals surface area (Å²) >= 11 is 0. The van der Waals surface area contributed by atoms with Gasteiger partial charge < -0.3 is 14.2 Å². The minimum Gasteiger partial charge on any atom is -0.495 e. The van der Waals surface area contributed by atoms with E-state index in [1.54, 1.807) is 25.1 Å². The number of methoxy groups -OCH3 is 1. The first-order chi connectivity index (χ1) is 15.4. The van der Waals surface area contributed by atoms with Crippen LogP contribution in [0.1, 0.15) is 42.8 Å². The van der Waals surface area contributed by atoms with Crippen LogP contribution < -0.4 is 4.74 Å². The van der Waals surface area contributed by atoms with Gasteiger partial charge in [0.05, 0.1) is 18.8 Å². The number of halogens is 2. The molecule has 2 aromatic carbocycles. The molecular formula is C25H25F2N3O2. The van der Waals surface area contributed by atoms with Crippen molar-refractivity contribution in [3.05, 3.63) is 83.0 Å². The third-order valence-corrected chi connectivity index (χ3v) is 5.89. The largest absolute Gasteiger partial charge is 0.495 e. The van der Waals surface area contributed by atoms with E-state index in [2.05, 4.69) is 4.98 Å². The molecule has 0 spiro atoms. The van der Waals surface area contributed by atoms with Crippen molar-refractivity contribution >= 4 is 12.0 Å². The molecule has 1 amide bonds. The van der Waals surface area contributed by atoms with Gasteiger partial charge in [-0.3, -0.25) is 4.79 Å². The first kappa shape index (κ1) is 21.7. The predicted octanol–water partition coefficient (Wildman–Crippen LogP) is 5.23. The Balaban J connectivity index is 1.61. The zero-order chi connectivity index (χ0) is 22.8. The number of imidazole rings is 1. The minimum atomic E-state index is -0.642. The number of benzene rings is 2. The smallest absolute Gasteiger partial charge is 0.250 e. The Morgan fingerprint density at radius 2 is 2.00 bits per heavy atom. The Labute approximate surface area is 186 Å². The molecule has 1 aromatic heterocycles. The van der Waals surface area contributed by atoms with Gasteiger partial charge in [0.15, 0.2) is 0 Å². The number of carbonyl (C=O) groups is 1. The molecule has 0 bridgehead atoms. The summed E-state index contributed by atoms with van der Waals surface area (Å²) in [5, 5.41) is 0. The lowest BCUT2D eigenvalue weighted by Crippen LogP contribution is -2.39. The Morgan fingerprint density at radius 1 is 1.19 bits per heavy atom. The number of amides is 1. The van der Waals surface area contributed by atoms with Gasteiger partial charge in [0.2, 0.25) is 5.91 Å². The van der Waals surface area contributed by atoms with E-state index in [-0.39, 0.29) is 5.91 Å². The average Bonchev–Trinajstić information content (AvgIpc) is 3.20. The highest BCUT2D eigenvalue weighted by molar-refractivity contribution is 5.98. The molecule has 32 heavy (non-hydrogen) atoms. The summed E-state index contributed by atoms with van der Waals surface area (Å²) in [4.78, 5) is 19.1. The fraction of sp³-hybridized carbons (Fsp3) is 0.280. The molecule has 1 atom stereocenters. The Hall–Kier alpha value is -3.48. The molecule has 1 aliphatic heterocycles. The molecular weight excluding hydrogens is 412 g/mol. The monoisotopic (exact) mass is 437 g/mol. The maximum Gasteiger partial charge on any atom is 0.250 e. The molecule has 166 valence electrons. The van der Waals surface area contributed by atoms with E-state index in [4.69, 9.17) is 4.74 Å². The summed E-state index contributed by atoms with van der Waals surface area (Å²) in [6, 6.07) is 8.73. The number of hydrogen-bond donors (Lipinski definition) is 0. The van der Waals surface area contributed by atoms with Gasteiger partial charge in [0, 0.05) is 36.1 Å². The van der Waals surface area contributed by atoms with Gasteiger partial charge in [-0.1, -0.05) is 12.1 Å². The van der Waals surface area contributed by atoms with Crippen LogP contribution in [-0.2, 0) is 4.79 Å². The number of carbonyl (C=O) groups excluding carboxylic acids is 1. The van der Waals surface area contributed by atoms with Gasteiger partial charge >= 0.3 is 0 Å². The fourth-order valence-corrected chi connectivity index (χ4v) is 4.16. The van der Waals surface area contributed by atoms with E-state index in [0.717, 1.165) is 29.6 Å². The number of aromatic nitrogens is 2. The molecule has 1 saturated heterocycles. The van der Waals surface area contributed by atoms with Crippen LogP contribution in [-0.4, -0.2) is 34.0 Å². The van der Waals surface area contributed by atoms with Crippen LogP contribution >= 0.6 is 0 Å². The van der Waals surface area contributed by atoms with Gasteiger partial charge in [-0.05, 0) is 56.5 Å². The van der Waals surface area contributed by atoms with Crippen molar-refractivity contribution in [2.75, 3.05) is 13.7 Å². The number of hydrogen-bond acceptors (Lipinski definition) is 3. The van der Waals surface area contributed by atoms with Crippen molar-refractivity contribution in [3.8, 4) is 11.4 Å². The Bertz CT molecular complexity index is 1190. The number of likely N-dealkylation sites (tertiary alicyclic amines) is 1. The van der Waals surface area contributed by atoms with Crippen molar-refractivity contribution < 1.29 is 18.3 Å². The molecule has 4 rings (SSSR count). The maximum absolute atomic E-state index is 14.3. The molecule has 0 saturated carbocycles. The number of aryl methyl sites for hydroxylation is 1. The van der Waals surface area contributed by atoms with Crippen molar-refractivity contribution in [1.29, 1.82) is 0 Å². The van der Waals surface area contributed by atoms with Crippen LogP contribution in [0.15, 0.2) is 54.4 Å². The lowest BCUT2D eigenvalue weighted by Gasteiger charge is -2.34. The third-order valence-electron chi connectivity index (χ3n) is 5.89. The lowest BCUT2D eigenvalue weighted by molar-refractivity contribution is -0.130. The first-order valence-electron chi connectivity index (χ1n) is 10.5. The molecule has 1 aliphatic rings. The van der Waals surface area contributed by atoms with Gasteiger partial charge in [0.1, 0.15) is 23.2 Å². The summed E-state index contributed by atoms with van der Waals surface area (Å²) < 4.78 is 35.1. The van der Waals surface area contributed by atoms with Gasteiger partial charge in [0.25, 0.3) is 0 Å². The summed E-state index contributed by atoms with van der Waals surface area (Å²) in [5.41, 5.74) is 2.66. The third kappa shape index (κ3) is 4.15. The van der Waals surface area contributed by atoms with Crippen molar-refractivity contribution in [2.24, 2.45) is 0 Å². The van der Waals surface area contributed by atoms with E-state index in [1.807, 2.05) is 42.0 Å². The van der Waals surface area contributed by atoms with Crippen LogP contribution in [0.5, 0.6) is 5.75 Å². The van der Waals surface area contributed by atoms with E-state index in [0.29, 0.717) is 29.9 Å². The molecule has 2 heterocycles. The lowest BCUT2D eigenvalue weighted by atomic mass is 9.97. The first-order valence-corrected chi connectivity index (χ1v) is 10.5. The molecule has 7 heteroatoms. The van der Waals surface area contributed by atoms with E-state index in [9.17, 15) is 13.6 Å². The van der Waals surface area contributed by atoms with Crippen LogP contribution in [0.2, 0.25) is 0 Å². The average molecular weight is 437 g/mol. The molecule has 0 N–H and O–H groups in total. The molecule has 0 aliphatic carbocycles. The number of ether oxygens (including phenoxy) is 1. The zero-order valence-corrected chi connectivity index (χ0v) is 18.3. The summed E-state index contributed by atoms with van der Waals surface area (Å²) in [5.74, 6) is 0.0987. The van der Waals surface area contributed by atoms with E-state index < -0.39 is 17.7 Å². The Morgan fingerprint density at radius 3 is 2.69 bits per heavy atom. The second-order valence-corrected chi connectivity index (χ2v) is 7.89. The van der Waals surface area contributed by atoms with Crippen LogP contribution in [0.25, 0.3) is 11.8 Å². The second-order valence-electron chi connectivity index (χ2n) is 7.89. The highest BCUT2D eigenvalue weighted by Gasteiger charge is 2.29. The topological polar surface area (TPSA) is 47.4 Å². The zero-order valence-electron chi connectivity index (χ0n) is 18.3. The van der Waals surface area contributed by atoms with Gasteiger partial charge in [-0.25, -0.2) is 13.8 Å². The minimum absolute atomic E-state index is 0.138. The predicted molar refractivity (Wildman–Crippen MR) is 119 cm³/mol. The van der Waals surface area contributed by atoms with E-state index >= 15 is 0 Å². The summed E-state index contributed by atoms with van der Waals surface area (Å²) in [7, 11) is 1.61. The second kappa shape index (κ2) is 8.94. The van der Waals surface area contributed by atoms with Crippen LogP contribution in [0.3, 0.4) is 0 Å². The van der Waals surface area contributed by atoms with Gasteiger partial charge in [-0.15, -0.1) is 0 Å². The fourth-order valence-electron chi connectivity index (χ4n) is 4.16. The normalized spacial score (nSPS) is 16.5. The SMILES string of the molecule is COc1cc(C=C2CCCN(C(C)c3ccc(F)cc3F)C2=O)ccc1-n1ccnc1C. The van der Waals surface area contributed by atoms with Gasteiger partial charge in [-0.2, -0.15) is 0 Å². The summed E-state index contributed by atoms with van der Waals surface area (Å²) in [6.45, 7) is 4.20. The highest BCUT2D eigenvalue weighted by atomic mass is 19.1. The van der Waals surface area contributed by atoms with Crippen LogP contribution in [0.4, 0.5) is 8.78 Å². The van der Waals surface area contributed by atoms with Crippen molar-refractivity contribution in [1.82, 2.24) is 14.5 Å². The molecule has 1 fully saturated rings. The molecule has 0 radical (unpaired) electrons. The highest BCUT2D eigenvalue weighted by Crippen LogP contribution is 2.31. The number of rotatable bonds is 5. The Kier molecular flexibility index (Phi) is 6.08. The number of piperidine rings is 1. The van der Waals surface area contributed by atoms with Crippen LogP contribution in [0, 0.1) is 18.6 Å². The number of nitrogens with zero attached hydrogens (tertiary/aromatic N) is 3. The van der Waals surface area contributed by atoms with Crippen molar-refractivity contribution in [3.63, 3.8) is 0 Å². The van der Waals surface area contributed by atoms with Crippen molar-refractivity contribution in [2.45, 2.75) is 32.7 Å².